The van der Waals surface area contributed by atoms with Crippen molar-refractivity contribution in [2.24, 2.45) is 11.3 Å². The van der Waals surface area contributed by atoms with Gasteiger partial charge in [0.15, 0.2) is 0 Å². The highest BCUT2D eigenvalue weighted by Crippen LogP contribution is 2.27. The molecule has 10 nitrogen and oxygen atoms in total. The second-order valence-electron chi connectivity index (χ2n) is 12.0. The number of hydrogen-bond donors (Lipinski definition) is 6. The van der Waals surface area contributed by atoms with Gasteiger partial charge in [-0.3, -0.25) is 29.6 Å². The van der Waals surface area contributed by atoms with Crippen LogP contribution in [-0.2, 0) is 16.0 Å². The van der Waals surface area contributed by atoms with Crippen molar-refractivity contribution in [2.45, 2.75) is 46.5 Å². The van der Waals surface area contributed by atoms with E-state index in [1.807, 2.05) is 76.2 Å². The molecule has 47 heavy (non-hydrogen) atoms. The standard InChI is InChI=1S/C19H22N2O3.C18H20N2O3/c1-19(2,13-12-14-6-4-3-5-7-14)18(23)20-16-10-8-15(9-11-16)17(22)21-24;1-12(2)16(13-6-4-3-5-7-13)18(22)19-15-10-8-14(9-11-15)17(21)20-23/h3-11,24H,12-13H2,1-2H3,(H,20,23)(H,21,22);3-12,16,23H,1-2H3,(H,19,22)(H,20,21). The van der Waals surface area contributed by atoms with Gasteiger partial charge in [-0.15, -0.1) is 0 Å². The van der Waals surface area contributed by atoms with E-state index in [-0.39, 0.29) is 23.7 Å². The van der Waals surface area contributed by atoms with Gasteiger partial charge in [-0.25, -0.2) is 11.0 Å². The maximum absolute atomic E-state index is 12.6. The van der Waals surface area contributed by atoms with Crippen LogP contribution >= 0.6 is 0 Å². The Hall–Kier alpha value is -5.32. The Kier molecular flexibility index (Phi) is 13.4. The third-order valence-corrected chi connectivity index (χ3v) is 7.63. The highest BCUT2D eigenvalue weighted by atomic mass is 16.5. The summed E-state index contributed by atoms with van der Waals surface area (Å²) >= 11 is 0. The average Bonchev–Trinajstić information content (AvgIpc) is 3.08. The minimum atomic E-state index is -0.591. The Labute approximate surface area is 275 Å². The number of carbonyl (C=O) groups excluding carboxylic acids is 4. The SMILES string of the molecule is CC(C)(CCc1ccccc1)C(=O)Nc1ccc(C(=O)NO)cc1.CC(C)C(C(=O)Nc1ccc(C(=O)NO)cc1)c1ccccc1. The van der Waals surface area contributed by atoms with Crippen LogP contribution in [0.25, 0.3) is 0 Å². The summed E-state index contributed by atoms with van der Waals surface area (Å²) in [6.07, 6.45) is 1.56. The molecule has 0 fully saturated rings. The van der Waals surface area contributed by atoms with Crippen molar-refractivity contribution in [3.8, 4) is 0 Å². The summed E-state index contributed by atoms with van der Waals surface area (Å²) in [6.45, 7) is 7.84. The van der Waals surface area contributed by atoms with E-state index in [9.17, 15) is 19.2 Å². The third-order valence-electron chi connectivity index (χ3n) is 7.63. The zero-order chi connectivity index (χ0) is 34.4. The fourth-order valence-corrected chi connectivity index (χ4v) is 4.77. The molecule has 1 atom stereocenters. The predicted molar refractivity (Wildman–Crippen MR) is 181 cm³/mol. The zero-order valence-electron chi connectivity index (χ0n) is 27.0. The molecule has 0 aliphatic rings. The van der Waals surface area contributed by atoms with Crippen LogP contribution in [0.4, 0.5) is 11.4 Å². The normalized spacial score (nSPS) is 11.4. The highest BCUT2D eigenvalue weighted by Gasteiger charge is 2.27. The Morgan fingerprint density at radius 3 is 1.53 bits per heavy atom. The summed E-state index contributed by atoms with van der Waals surface area (Å²) in [5.74, 6) is -1.44. The molecule has 1 unspecified atom stereocenters. The number of hydroxylamine groups is 2. The monoisotopic (exact) mass is 638 g/mol. The maximum atomic E-state index is 12.6. The number of anilines is 2. The van der Waals surface area contributed by atoms with Crippen LogP contribution in [0.1, 0.15) is 71.9 Å². The van der Waals surface area contributed by atoms with E-state index in [0.717, 1.165) is 18.4 Å². The molecule has 0 radical (unpaired) electrons. The Morgan fingerprint density at radius 1 is 0.638 bits per heavy atom. The molecular weight excluding hydrogens is 596 g/mol. The molecule has 0 spiro atoms. The van der Waals surface area contributed by atoms with Crippen molar-refractivity contribution < 1.29 is 29.6 Å². The van der Waals surface area contributed by atoms with Gasteiger partial charge in [-0.05, 0) is 78.4 Å². The van der Waals surface area contributed by atoms with Crippen LogP contribution in [0.3, 0.4) is 0 Å². The van der Waals surface area contributed by atoms with Crippen molar-refractivity contribution in [3.05, 3.63) is 131 Å². The van der Waals surface area contributed by atoms with E-state index in [4.69, 9.17) is 10.4 Å². The molecule has 0 aliphatic carbocycles. The van der Waals surface area contributed by atoms with Crippen LogP contribution in [0, 0.1) is 11.3 Å². The molecule has 6 N–H and O–H groups in total. The van der Waals surface area contributed by atoms with E-state index in [1.54, 1.807) is 35.2 Å². The Balaban J connectivity index is 0.000000256. The number of rotatable bonds is 11. The van der Waals surface area contributed by atoms with E-state index in [1.165, 1.54) is 29.8 Å². The van der Waals surface area contributed by atoms with Gasteiger partial charge in [-0.1, -0.05) is 88.4 Å². The molecule has 4 aromatic carbocycles. The lowest BCUT2D eigenvalue weighted by molar-refractivity contribution is -0.124. The number of benzene rings is 4. The first kappa shape index (κ1) is 36.2. The number of amides is 4. The lowest BCUT2D eigenvalue weighted by Gasteiger charge is -2.23. The van der Waals surface area contributed by atoms with Crippen molar-refractivity contribution in [2.75, 3.05) is 10.6 Å². The molecule has 246 valence electrons. The van der Waals surface area contributed by atoms with Crippen LogP contribution in [-0.4, -0.2) is 34.0 Å². The van der Waals surface area contributed by atoms with Gasteiger partial charge in [0.25, 0.3) is 11.8 Å². The molecule has 0 saturated heterocycles. The van der Waals surface area contributed by atoms with Gasteiger partial charge in [0.1, 0.15) is 0 Å². The Bertz CT molecular complexity index is 1610. The molecule has 0 bridgehead atoms. The molecule has 4 aromatic rings. The first-order valence-electron chi connectivity index (χ1n) is 15.3. The molecule has 0 heterocycles. The van der Waals surface area contributed by atoms with Crippen molar-refractivity contribution in [1.82, 2.24) is 11.0 Å². The number of hydrogen-bond acceptors (Lipinski definition) is 6. The van der Waals surface area contributed by atoms with Crippen LogP contribution in [0.2, 0.25) is 0 Å². The smallest absolute Gasteiger partial charge is 0.274 e. The maximum Gasteiger partial charge on any atom is 0.274 e. The quantitative estimate of drug-likeness (QED) is 0.0804. The topological polar surface area (TPSA) is 157 Å². The number of aryl methyl sites for hydroxylation is 1. The second-order valence-corrected chi connectivity index (χ2v) is 12.0. The van der Waals surface area contributed by atoms with Gasteiger partial charge in [0.2, 0.25) is 11.8 Å². The van der Waals surface area contributed by atoms with Crippen molar-refractivity contribution >= 4 is 35.0 Å². The molecular formula is C37H42N4O6. The molecule has 10 heteroatoms. The lowest BCUT2D eigenvalue weighted by Crippen LogP contribution is -2.31. The van der Waals surface area contributed by atoms with Crippen LogP contribution < -0.4 is 21.6 Å². The minimum Gasteiger partial charge on any atom is -0.326 e. The molecule has 0 aliphatic heterocycles. The third kappa shape index (κ3) is 10.9. The van der Waals surface area contributed by atoms with Crippen molar-refractivity contribution in [3.63, 3.8) is 0 Å². The number of carbonyl (C=O) groups is 4. The molecule has 0 aromatic heterocycles. The highest BCUT2D eigenvalue weighted by molar-refractivity contribution is 5.98. The summed E-state index contributed by atoms with van der Waals surface area (Å²) in [5, 5.41) is 22.9. The largest absolute Gasteiger partial charge is 0.326 e. The fourth-order valence-electron chi connectivity index (χ4n) is 4.77. The van der Waals surface area contributed by atoms with E-state index in [0.29, 0.717) is 22.5 Å². The van der Waals surface area contributed by atoms with Crippen LogP contribution in [0.5, 0.6) is 0 Å². The van der Waals surface area contributed by atoms with Gasteiger partial charge in [-0.2, -0.15) is 0 Å². The molecule has 4 rings (SSSR count). The van der Waals surface area contributed by atoms with Crippen molar-refractivity contribution in [1.29, 1.82) is 0 Å². The average molecular weight is 639 g/mol. The first-order valence-corrected chi connectivity index (χ1v) is 15.3. The lowest BCUT2D eigenvalue weighted by atomic mass is 9.85. The summed E-state index contributed by atoms with van der Waals surface area (Å²) in [6, 6.07) is 32.4. The first-order chi connectivity index (χ1) is 22.4. The fraction of sp³-hybridized carbons (Fsp3) is 0.243. The zero-order valence-corrected chi connectivity index (χ0v) is 27.0. The summed E-state index contributed by atoms with van der Waals surface area (Å²) in [7, 11) is 0. The number of nitrogens with one attached hydrogen (secondary N) is 4. The molecule has 0 saturated carbocycles. The minimum absolute atomic E-state index is 0.0715. The van der Waals surface area contributed by atoms with Gasteiger partial charge in [0.05, 0.1) is 5.92 Å². The summed E-state index contributed by atoms with van der Waals surface area (Å²) < 4.78 is 0. The van der Waals surface area contributed by atoms with E-state index >= 15 is 0 Å². The van der Waals surface area contributed by atoms with Crippen LogP contribution in [0.15, 0.2) is 109 Å². The van der Waals surface area contributed by atoms with E-state index < -0.39 is 17.2 Å². The predicted octanol–water partition coefficient (Wildman–Crippen LogP) is 6.59. The molecule has 4 amide bonds. The summed E-state index contributed by atoms with van der Waals surface area (Å²) in [5.41, 5.74) is 6.65. The van der Waals surface area contributed by atoms with E-state index in [2.05, 4.69) is 22.8 Å². The van der Waals surface area contributed by atoms with Gasteiger partial charge < -0.3 is 10.6 Å². The summed E-state index contributed by atoms with van der Waals surface area (Å²) in [4.78, 5) is 47.7. The van der Waals surface area contributed by atoms with Gasteiger partial charge in [0, 0.05) is 27.9 Å². The van der Waals surface area contributed by atoms with Gasteiger partial charge >= 0.3 is 0 Å². The second kappa shape index (κ2) is 17.4. The Morgan fingerprint density at radius 2 is 1.09 bits per heavy atom.